The van der Waals surface area contributed by atoms with Crippen LogP contribution in [0.25, 0.3) is 0 Å². The van der Waals surface area contributed by atoms with Gasteiger partial charge >= 0.3 is 0 Å². The predicted molar refractivity (Wildman–Crippen MR) is 157 cm³/mol. The van der Waals surface area contributed by atoms with E-state index in [1.807, 2.05) is 16.9 Å². The van der Waals surface area contributed by atoms with Crippen LogP contribution in [0.1, 0.15) is 61.3 Å². The van der Waals surface area contributed by atoms with Gasteiger partial charge in [0.25, 0.3) is 0 Å². The van der Waals surface area contributed by atoms with Crippen molar-refractivity contribution in [2.75, 3.05) is 79.1 Å². The van der Waals surface area contributed by atoms with Crippen molar-refractivity contribution in [2.24, 2.45) is 5.92 Å². The van der Waals surface area contributed by atoms with Gasteiger partial charge in [-0.15, -0.1) is 0 Å². The summed E-state index contributed by atoms with van der Waals surface area (Å²) in [7, 11) is 3.56. The van der Waals surface area contributed by atoms with E-state index in [-0.39, 0.29) is 15.6 Å². The largest absolute Gasteiger partial charge is 0.379 e. The second-order valence-electron chi connectivity index (χ2n) is 10.0. The van der Waals surface area contributed by atoms with E-state index in [1.54, 1.807) is 10.8 Å². The lowest BCUT2D eigenvalue weighted by molar-refractivity contribution is -0.122. The molecule has 2 N–H and O–H groups in total. The van der Waals surface area contributed by atoms with E-state index in [0.717, 1.165) is 19.5 Å². The third kappa shape index (κ3) is 27.0. The van der Waals surface area contributed by atoms with Gasteiger partial charge in [0, 0.05) is 30.7 Å². The summed E-state index contributed by atoms with van der Waals surface area (Å²) in [5.41, 5.74) is 0. The topological polar surface area (TPSA) is 87.3 Å². The van der Waals surface area contributed by atoms with Crippen LogP contribution >= 0.6 is 21.6 Å². The molecule has 0 bridgehead atoms. The highest BCUT2D eigenvalue weighted by Gasteiger charge is 2.29. The fourth-order valence-corrected chi connectivity index (χ4v) is 5.05. The average Bonchev–Trinajstić information content (AvgIpc) is 2.83. The lowest BCUT2D eigenvalue weighted by Crippen LogP contribution is -2.29. The summed E-state index contributed by atoms with van der Waals surface area (Å²) >= 11 is 0. The number of ether oxygens (including phenoxy) is 5. The highest BCUT2D eigenvalue weighted by Crippen LogP contribution is 2.45. The first kappa shape index (κ1) is 36.7. The Morgan fingerprint density at radius 3 is 2.05 bits per heavy atom. The number of amides is 1. The minimum absolute atomic E-state index is 0.00610. The molecule has 220 valence electrons. The first-order valence-electron chi connectivity index (χ1n) is 13.5. The van der Waals surface area contributed by atoms with Crippen molar-refractivity contribution in [1.29, 1.82) is 0 Å². The van der Waals surface area contributed by atoms with Crippen molar-refractivity contribution in [3.63, 3.8) is 0 Å². The molecule has 0 aliphatic carbocycles. The summed E-state index contributed by atoms with van der Waals surface area (Å²) in [5.74, 6) is 0.483. The Labute approximate surface area is 234 Å². The second kappa shape index (κ2) is 23.5. The molecule has 0 aliphatic heterocycles. The quantitative estimate of drug-likeness (QED) is 0.0708. The molecule has 0 aromatic carbocycles. The number of hydrogen-bond acceptors (Lipinski definition) is 9. The van der Waals surface area contributed by atoms with Crippen molar-refractivity contribution in [2.45, 2.75) is 71.0 Å². The molecule has 10 heteroatoms. The summed E-state index contributed by atoms with van der Waals surface area (Å²) in [6.07, 6.45) is 5.17. The number of hydrogen-bond donors (Lipinski definition) is 2. The number of nitrogens with one attached hydrogen (secondary N) is 2. The molecule has 0 aromatic heterocycles. The van der Waals surface area contributed by atoms with Crippen molar-refractivity contribution in [3.05, 3.63) is 12.2 Å². The maximum absolute atomic E-state index is 11.8. The van der Waals surface area contributed by atoms with Gasteiger partial charge in [0.2, 0.25) is 5.91 Å². The minimum Gasteiger partial charge on any atom is -0.379 e. The van der Waals surface area contributed by atoms with Crippen molar-refractivity contribution in [3.8, 4) is 0 Å². The van der Waals surface area contributed by atoms with E-state index in [2.05, 4.69) is 65.2 Å². The maximum Gasteiger partial charge on any atom is 0.222 e. The second-order valence-corrected chi connectivity index (χ2v) is 13.5. The third-order valence-electron chi connectivity index (χ3n) is 4.63. The summed E-state index contributed by atoms with van der Waals surface area (Å²) in [6.45, 7) is 22.2. The fourth-order valence-electron chi connectivity index (χ4n) is 2.66. The predicted octanol–water partition coefficient (Wildman–Crippen LogP) is 4.68. The number of allylic oxidation sites excluding steroid dienone is 1. The molecule has 1 unspecified atom stereocenters. The van der Waals surface area contributed by atoms with Gasteiger partial charge in [-0.25, -0.2) is 0 Å². The molecule has 0 saturated heterocycles. The van der Waals surface area contributed by atoms with E-state index in [9.17, 15) is 4.79 Å². The Hall–Kier alpha value is -0.330. The van der Waals surface area contributed by atoms with Gasteiger partial charge in [-0.2, -0.15) is 0 Å². The minimum atomic E-state index is -0.374. The monoisotopic (exact) mass is 566 g/mol. The molecule has 0 spiro atoms. The van der Waals surface area contributed by atoms with Crippen molar-refractivity contribution < 1.29 is 28.5 Å². The van der Waals surface area contributed by atoms with E-state index in [4.69, 9.17) is 23.7 Å². The molecule has 0 aliphatic rings. The van der Waals surface area contributed by atoms with Crippen LogP contribution in [0, 0.1) is 5.92 Å². The van der Waals surface area contributed by atoms with Gasteiger partial charge in [0.05, 0.1) is 59.5 Å². The van der Waals surface area contributed by atoms with Crippen LogP contribution in [-0.4, -0.2) is 94.7 Å². The Morgan fingerprint density at radius 2 is 1.43 bits per heavy atom. The standard InChI is InChI=1S/C27H54N2O6S2/c1-8-28-14-17-33-20-19-32-16-12-27(7,37-36-26(4,5)6)35-23-22-34-21-18-31-15-11-25(30)29-13-9-10-24(2)3/h9-10,24,28H,8,11-23H2,1-7H3,(H,29,30)/b10-9+. The van der Waals surface area contributed by atoms with E-state index in [1.165, 1.54) is 0 Å². The molecular formula is C27H54N2O6S2. The van der Waals surface area contributed by atoms with E-state index < -0.39 is 0 Å². The van der Waals surface area contributed by atoms with Crippen LogP contribution in [-0.2, 0) is 28.5 Å². The molecule has 0 fully saturated rings. The third-order valence-corrected chi connectivity index (χ3v) is 8.70. The zero-order valence-corrected chi connectivity index (χ0v) is 26.0. The normalized spacial score (nSPS) is 13.9. The summed E-state index contributed by atoms with van der Waals surface area (Å²) in [4.78, 5) is 11.4. The number of carbonyl (C=O) groups excluding carboxylic acids is 1. The maximum atomic E-state index is 11.8. The van der Waals surface area contributed by atoms with Gasteiger partial charge < -0.3 is 34.3 Å². The highest BCUT2D eigenvalue weighted by atomic mass is 33.1. The van der Waals surface area contributed by atoms with Crippen molar-refractivity contribution >= 4 is 27.5 Å². The molecule has 1 atom stereocenters. The van der Waals surface area contributed by atoms with Crippen LogP contribution < -0.4 is 10.6 Å². The van der Waals surface area contributed by atoms with Gasteiger partial charge in [-0.3, -0.25) is 4.79 Å². The molecule has 0 aromatic rings. The Balaban J connectivity index is 3.98. The molecular weight excluding hydrogens is 512 g/mol. The van der Waals surface area contributed by atoms with Crippen molar-refractivity contribution in [1.82, 2.24) is 10.6 Å². The van der Waals surface area contributed by atoms with Crippen LogP contribution in [0.4, 0.5) is 0 Å². The van der Waals surface area contributed by atoms with Crippen LogP contribution in [0.5, 0.6) is 0 Å². The molecule has 0 heterocycles. The van der Waals surface area contributed by atoms with Gasteiger partial charge in [-0.05, 0) is 19.4 Å². The molecule has 0 saturated carbocycles. The first-order chi connectivity index (χ1) is 17.6. The number of likely N-dealkylation sites (N-methyl/N-ethyl adjacent to an activating group) is 1. The number of rotatable bonds is 25. The lowest BCUT2D eigenvalue weighted by Gasteiger charge is -2.31. The highest BCUT2D eigenvalue weighted by molar-refractivity contribution is 8.77. The summed E-state index contributed by atoms with van der Waals surface area (Å²) < 4.78 is 28.8. The first-order valence-corrected chi connectivity index (χ1v) is 15.7. The SMILES string of the molecule is CCNCCOCCOCCC(C)(OCCOCCOCCC(=O)NC/C=C/C(C)C)SSC(C)(C)C. The molecule has 8 nitrogen and oxygen atoms in total. The molecule has 37 heavy (non-hydrogen) atoms. The summed E-state index contributed by atoms with van der Waals surface area (Å²) in [5, 5.41) is 6.08. The van der Waals surface area contributed by atoms with Crippen LogP contribution in [0.15, 0.2) is 12.2 Å². The van der Waals surface area contributed by atoms with E-state index >= 15 is 0 Å². The molecule has 0 rings (SSSR count). The Bertz CT molecular complexity index is 576. The smallest absolute Gasteiger partial charge is 0.222 e. The van der Waals surface area contributed by atoms with Crippen LogP contribution in [0.3, 0.4) is 0 Å². The van der Waals surface area contributed by atoms with Crippen LogP contribution in [0.2, 0.25) is 0 Å². The zero-order valence-electron chi connectivity index (χ0n) is 24.4. The van der Waals surface area contributed by atoms with Gasteiger partial charge in [-0.1, -0.05) is 75.3 Å². The molecule has 0 radical (unpaired) electrons. The van der Waals surface area contributed by atoms with E-state index in [0.29, 0.717) is 78.3 Å². The number of carbonyl (C=O) groups is 1. The Morgan fingerprint density at radius 1 is 0.838 bits per heavy atom. The fraction of sp³-hybridized carbons (Fsp3) is 0.889. The van der Waals surface area contributed by atoms with Gasteiger partial charge in [0.15, 0.2) is 0 Å². The summed E-state index contributed by atoms with van der Waals surface area (Å²) in [6, 6.07) is 0. The van der Waals surface area contributed by atoms with Gasteiger partial charge in [0.1, 0.15) is 4.93 Å². The average molecular weight is 567 g/mol. The zero-order chi connectivity index (χ0) is 27.8. The Kier molecular flexibility index (Phi) is 23.3. The molecule has 1 amide bonds. The lowest BCUT2D eigenvalue weighted by atomic mass is 10.2.